The first-order valence-corrected chi connectivity index (χ1v) is 10.1. The molecule has 4 fully saturated rings. The second-order valence-electron chi connectivity index (χ2n) is 9.31. The molecule has 0 aromatic heterocycles. The highest BCUT2D eigenvalue weighted by Gasteiger charge is 2.62. The van der Waals surface area contributed by atoms with Crippen LogP contribution in [0.1, 0.15) is 38.5 Å². The largest absolute Gasteiger partial charge is 0.489 e. The molecular weight excluding hydrogens is 331 g/mol. The second kappa shape index (κ2) is 4.93. The average molecular weight is 356 g/mol. The summed E-state index contributed by atoms with van der Waals surface area (Å²) in [5.74, 6) is 1.85. The topological polar surface area (TPSA) is 32.8 Å². The van der Waals surface area contributed by atoms with Gasteiger partial charge in [-0.15, -0.1) is 0 Å². The Bertz CT molecular complexity index is 780. The molecule has 2 unspecified atom stereocenters. The van der Waals surface area contributed by atoms with Crippen molar-refractivity contribution in [2.45, 2.75) is 44.2 Å². The highest BCUT2D eigenvalue weighted by Crippen LogP contribution is 2.63. The Morgan fingerprint density at radius 1 is 1.12 bits per heavy atom. The van der Waals surface area contributed by atoms with Crippen molar-refractivity contribution in [2.24, 2.45) is 17.3 Å². The van der Waals surface area contributed by atoms with Crippen LogP contribution in [-0.4, -0.2) is 37.8 Å². The smallest absolute Gasteiger partial charge is 0.233 e. The molecule has 0 spiro atoms. The number of rotatable bonds is 1. The third kappa shape index (κ3) is 1.97. The lowest BCUT2D eigenvalue weighted by Gasteiger charge is -2.59. The lowest BCUT2D eigenvalue weighted by Crippen LogP contribution is -2.60. The lowest BCUT2D eigenvalue weighted by molar-refractivity contribution is -0.158. The summed E-state index contributed by atoms with van der Waals surface area (Å²) in [6, 6.07) is 5.99. The van der Waals surface area contributed by atoms with Crippen LogP contribution in [0, 0.1) is 17.3 Å². The summed E-state index contributed by atoms with van der Waals surface area (Å²) in [7, 11) is 0. The predicted molar refractivity (Wildman–Crippen MR) is 97.5 cm³/mol. The Kier molecular flexibility index (Phi) is 2.90. The van der Waals surface area contributed by atoms with Crippen LogP contribution in [0.3, 0.4) is 0 Å². The fraction of sp³-hybridized carbons (Fsp3) is 0.667. The molecule has 1 aromatic rings. The fourth-order valence-corrected chi connectivity index (χ4v) is 7.00. The van der Waals surface area contributed by atoms with Crippen molar-refractivity contribution in [1.82, 2.24) is 0 Å². The fourth-order valence-electron chi connectivity index (χ4n) is 7.00. The van der Waals surface area contributed by atoms with Crippen LogP contribution in [0.25, 0.3) is 0 Å². The zero-order valence-corrected chi connectivity index (χ0v) is 15.0. The molecule has 5 heteroatoms. The number of alkyl halides is 1. The third-order valence-electron chi connectivity index (χ3n) is 7.49. The number of anilines is 2. The maximum Gasteiger partial charge on any atom is 0.233 e. The molecule has 2 aliphatic heterocycles. The van der Waals surface area contributed by atoms with Crippen molar-refractivity contribution in [3.8, 4) is 5.75 Å². The SMILES string of the molecule is O=C(N1CCN2CCOc3cccc1c32)C12CC3CC(CC(F)(C3)C1)C2. The normalized spacial score (nSPS) is 39.6. The van der Waals surface area contributed by atoms with Crippen LogP contribution in [-0.2, 0) is 4.79 Å². The molecule has 4 saturated carbocycles. The van der Waals surface area contributed by atoms with Crippen LogP contribution in [0.5, 0.6) is 5.75 Å². The summed E-state index contributed by atoms with van der Waals surface area (Å²) in [4.78, 5) is 18.1. The highest BCUT2D eigenvalue weighted by atomic mass is 19.1. The van der Waals surface area contributed by atoms with Crippen LogP contribution < -0.4 is 14.5 Å². The molecule has 4 bridgehead atoms. The molecule has 0 radical (unpaired) electrons. The Morgan fingerprint density at radius 3 is 2.69 bits per heavy atom. The Balaban J connectivity index is 1.40. The van der Waals surface area contributed by atoms with Crippen molar-refractivity contribution in [3.63, 3.8) is 0 Å². The van der Waals surface area contributed by atoms with E-state index in [-0.39, 0.29) is 5.91 Å². The number of nitrogens with zero attached hydrogens (tertiary/aromatic N) is 2. The first kappa shape index (κ1) is 15.3. The van der Waals surface area contributed by atoms with E-state index < -0.39 is 11.1 Å². The molecule has 138 valence electrons. The van der Waals surface area contributed by atoms with Crippen molar-refractivity contribution < 1.29 is 13.9 Å². The highest BCUT2D eigenvalue weighted by molar-refractivity contribution is 6.02. The zero-order valence-electron chi connectivity index (χ0n) is 15.0. The van der Waals surface area contributed by atoms with Gasteiger partial charge in [0.2, 0.25) is 5.91 Å². The monoisotopic (exact) mass is 356 g/mol. The molecule has 1 amide bonds. The van der Waals surface area contributed by atoms with Gasteiger partial charge >= 0.3 is 0 Å². The van der Waals surface area contributed by atoms with Crippen molar-refractivity contribution in [1.29, 1.82) is 0 Å². The van der Waals surface area contributed by atoms with E-state index >= 15 is 4.39 Å². The molecule has 26 heavy (non-hydrogen) atoms. The van der Waals surface area contributed by atoms with Crippen LogP contribution in [0.4, 0.5) is 15.8 Å². The van der Waals surface area contributed by atoms with Gasteiger partial charge in [-0.1, -0.05) is 6.07 Å². The number of hydrogen-bond donors (Lipinski definition) is 0. The predicted octanol–water partition coefficient (Wildman–Crippen LogP) is 3.54. The van der Waals surface area contributed by atoms with Gasteiger partial charge in [0.15, 0.2) is 0 Å². The van der Waals surface area contributed by atoms with Crippen LogP contribution in [0.2, 0.25) is 0 Å². The number of carbonyl (C=O) groups excluding carboxylic acids is 1. The summed E-state index contributed by atoms with van der Waals surface area (Å²) in [5, 5.41) is 0. The summed E-state index contributed by atoms with van der Waals surface area (Å²) >= 11 is 0. The second-order valence-corrected chi connectivity index (χ2v) is 9.31. The van der Waals surface area contributed by atoms with E-state index in [0.29, 0.717) is 44.2 Å². The summed E-state index contributed by atoms with van der Waals surface area (Å²) in [6.07, 6.45) is 4.71. The van der Waals surface area contributed by atoms with Gasteiger partial charge in [0.25, 0.3) is 0 Å². The van der Waals surface area contributed by atoms with Crippen molar-refractivity contribution in [2.75, 3.05) is 36.0 Å². The number of para-hydroxylation sites is 1. The minimum absolute atomic E-state index is 0.173. The van der Waals surface area contributed by atoms with E-state index in [0.717, 1.165) is 49.5 Å². The average Bonchev–Trinajstić information content (AvgIpc) is 2.60. The van der Waals surface area contributed by atoms with Crippen LogP contribution in [0.15, 0.2) is 18.2 Å². The number of hydrogen-bond acceptors (Lipinski definition) is 3. The Labute approximate surface area is 153 Å². The molecule has 2 heterocycles. The van der Waals surface area contributed by atoms with E-state index in [2.05, 4.69) is 4.90 Å². The first-order valence-electron chi connectivity index (χ1n) is 10.1. The standard InChI is InChI=1S/C21H25FN2O2/c22-21-11-14-8-15(12-21)10-20(9-14,13-21)19(25)24-5-4-23-6-7-26-17-3-1-2-16(24)18(17)23/h1-3,14-15H,4-13H2. The molecule has 2 atom stereocenters. The van der Waals surface area contributed by atoms with Crippen molar-refractivity contribution in [3.05, 3.63) is 18.2 Å². The van der Waals surface area contributed by atoms with Gasteiger partial charge < -0.3 is 14.5 Å². The summed E-state index contributed by atoms with van der Waals surface area (Å²) in [6.45, 7) is 3.10. The molecule has 7 rings (SSSR count). The number of amides is 1. The number of carbonyl (C=O) groups is 1. The quantitative estimate of drug-likeness (QED) is 0.772. The molecule has 0 saturated heterocycles. The molecule has 6 aliphatic rings. The zero-order chi connectivity index (χ0) is 17.5. The van der Waals surface area contributed by atoms with Crippen LogP contribution >= 0.6 is 0 Å². The molecular formula is C21H25FN2O2. The maximum atomic E-state index is 15.3. The van der Waals surface area contributed by atoms with Gasteiger partial charge in [0.1, 0.15) is 23.7 Å². The summed E-state index contributed by atoms with van der Waals surface area (Å²) in [5.41, 5.74) is 0.445. The Morgan fingerprint density at radius 2 is 1.92 bits per heavy atom. The molecule has 4 aliphatic carbocycles. The van der Waals surface area contributed by atoms with Gasteiger partial charge in [0.05, 0.1) is 17.6 Å². The van der Waals surface area contributed by atoms with E-state index in [4.69, 9.17) is 4.74 Å². The minimum atomic E-state index is -1.10. The van der Waals surface area contributed by atoms with Gasteiger partial charge in [-0.05, 0) is 62.5 Å². The minimum Gasteiger partial charge on any atom is -0.489 e. The van der Waals surface area contributed by atoms with Gasteiger partial charge in [-0.3, -0.25) is 4.79 Å². The molecule has 1 aromatic carbocycles. The molecule has 4 nitrogen and oxygen atoms in total. The van der Waals surface area contributed by atoms with Gasteiger partial charge in [0, 0.05) is 13.1 Å². The van der Waals surface area contributed by atoms with Gasteiger partial charge in [-0.25, -0.2) is 4.39 Å². The van der Waals surface area contributed by atoms with Crippen molar-refractivity contribution >= 4 is 17.3 Å². The van der Waals surface area contributed by atoms with Gasteiger partial charge in [-0.2, -0.15) is 0 Å². The molecule has 0 N–H and O–H groups in total. The number of benzene rings is 1. The van der Waals surface area contributed by atoms with E-state index in [1.165, 1.54) is 0 Å². The lowest BCUT2D eigenvalue weighted by atomic mass is 9.48. The number of halogens is 1. The summed E-state index contributed by atoms with van der Waals surface area (Å²) < 4.78 is 21.2. The van der Waals surface area contributed by atoms with E-state index in [1.807, 2.05) is 23.1 Å². The maximum absolute atomic E-state index is 15.3. The third-order valence-corrected chi connectivity index (χ3v) is 7.49. The van der Waals surface area contributed by atoms with E-state index in [1.54, 1.807) is 0 Å². The van der Waals surface area contributed by atoms with E-state index in [9.17, 15) is 4.79 Å². The Hall–Kier alpha value is -1.78. The number of ether oxygens (including phenoxy) is 1. The first-order chi connectivity index (χ1) is 12.6.